The summed E-state index contributed by atoms with van der Waals surface area (Å²) >= 11 is 1.07. The van der Waals surface area contributed by atoms with E-state index in [0.29, 0.717) is 12.4 Å². The second kappa shape index (κ2) is 6.77. The van der Waals surface area contributed by atoms with Gasteiger partial charge in [0.1, 0.15) is 5.69 Å². The van der Waals surface area contributed by atoms with Crippen LogP contribution in [0.1, 0.15) is 5.69 Å². The summed E-state index contributed by atoms with van der Waals surface area (Å²) < 4.78 is 41.9. The van der Waals surface area contributed by atoms with Crippen molar-refractivity contribution in [2.45, 2.75) is 11.3 Å². The second-order valence-electron chi connectivity index (χ2n) is 2.91. The average Bonchev–Trinajstić information content (AvgIpc) is 2.28. The molecule has 0 saturated carbocycles. The number of aromatic nitrogens is 2. The molecule has 0 fully saturated rings. The number of ether oxygens (including phenoxy) is 1. The molecule has 0 aliphatic carbocycles. The third-order valence-electron chi connectivity index (χ3n) is 1.62. The lowest BCUT2D eigenvalue weighted by molar-refractivity contribution is -0.141. The molecular formula is C9H11F3N2O2S. The molecule has 0 atom stereocenters. The molecule has 1 N–H and O–H groups in total. The molecular weight excluding hydrogens is 257 g/mol. The van der Waals surface area contributed by atoms with Gasteiger partial charge in [-0.15, -0.1) is 0 Å². The smallest absolute Gasteiger partial charge is 0.394 e. The molecule has 0 radical (unpaired) electrons. The summed E-state index contributed by atoms with van der Waals surface area (Å²) in [6.07, 6.45) is -3.38. The van der Waals surface area contributed by atoms with Crippen LogP contribution in [0.5, 0.6) is 0 Å². The minimum absolute atomic E-state index is 0.0624. The predicted molar refractivity (Wildman–Crippen MR) is 55.7 cm³/mol. The van der Waals surface area contributed by atoms with Gasteiger partial charge in [-0.25, -0.2) is 9.97 Å². The van der Waals surface area contributed by atoms with Crippen molar-refractivity contribution < 1.29 is 23.0 Å². The van der Waals surface area contributed by atoms with E-state index in [9.17, 15) is 13.2 Å². The van der Waals surface area contributed by atoms with Gasteiger partial charge in [0.25, 0.3) is 0 Å². The van der Waals surface area contributed by atoms with Crippen molar-refractivity contribution in [2.75, 3.05) is 25.6 Å². The van der Waals surface area contributed by atoms with E-state index in [1.807, 2.05) is 0 Å². The van der Waals surface area contributed by atoms with E-state index in [4.69, 9.17) is 9.84 Å². The van der Waals surface area contributed by atoms with Gasteiger partial charge in [0.05, 0.1) is 19.8 Å². The number of hydrogen-bond acceptors (Lipinski definition) is 5. The Hall–Kier alpha value is -0.860. The van der Waals surface area contributed by atoms with Crippen molar-refractivity contribution in [3.63, 3.8) is 0 Å². The molecule has 1 heterocycles. The summed E-state index contributed by atoms with van der Waals surface area (Å²) in [5.41, 5.74) is -0.953. The standard InChI is InChI=1S/C9H11F3N2O2S/c10-9(11,12)7-1-2-13-8(14-7)17-6-5-16-4-3-15/h1-2,15H,3-6H2. The summed E-state index contributed by atoms with van der Waals surface area (Å²) in [5.74, 6) is 0.432. The third kappa shape index (κ3) is 5.33. The predicted octanol–water partition coefficient (Wildman–Crippen LogP) is 1.60. The van der Waals surface area contributed by atoms with Crippen LogP contribution in [0.15, 0.2) is 17.4 Å². The summed E-state index contributed by atoms with van der Waals surface area (Å²) in [6, 6.07) is 0.826. The van der Waals surface area contributed by atoms with Gasteiger partial charge in [0.2, 0.25) is 0 Å². The van der Waals surface area contributed by atoms with E-state index in [1.165, 1.54) is 0 Å². The maximum atomic E-state index is 12.3. The Balaban J connectivity index is 2.44. The Labute approximate surface area is 100 Å². The SMILES string of the molecule is OCCOCCSc1nccc(C(F)(F)F)n1. The van der Waals surface area contributed by atoms with E-state index in [1.54, 1.807) is 0 Å². The van der Waals surface area contributed by atoms with Crippen molar-refractivity contribution in [3.05, 3.63) is 18.0 Å². The monoisotopic (exact) mass is 268 g/mol. The highest BCUT2D eigenvalue weighted by Gasteiger charge is 2.32. The molecule has 96 valence electrons. The maximum Gasteiger partial charge on any atom is 0.433 e. The van der Waals surface area contributed by atoms with Crippen LogP contribution < -0.4 is 0 Å². The summed E-state index contributed by atoms with van der Waals surface area (Å²) in [4.78, 5) is 7.10. The van der Waals surface area contributed by atoms with Crippen LogP contribution in [0.4, 0.5) is 13.2 Å². The fourth-order valence-corrected chi connectivity index (χ4v) is 1.61. The van der Waals surface area contributed by atoms with Crippen LogP contribution >= 0.6 is 11.8 Å². The molecule has 1 aromatic rings. The van der Waals surface area contributed by atoms with Crippen LogP contribution in [0.3, 0.4) is 0 Å². The normalized spacial score (nSPS) is 11.8. The van der Waals surface area contributed by atoms with Crippen LogP contribution in [0.25, 0.3) is 0 Å². The van der Waals surface area contributed by atoms with E-state index in [0.717, 1.165) is 24.0 Å². The zero-order chi connectivity index (χ0) is 12.7. The number of aliphatic hydroxyl groups excluding tert-OH is 1. The lowest BCUT2D eigenvalue weighted by Gasteiger charge is -2.06. The van der Waals surface area contributed by atoms with Crippen LogP contribution in [-0.4, -0.2) is 40.6 Å². The molecule has 0 bridgehead atoms. The fraction of sp³-hybridized carbons (Fsp3) is 0.556. The summed E-state index contributed by atoms with van der Waals surface area (Å²) in [7, 11) is 0. The number of hydrogen-bond donors (Lipinski definition) is 1. The molecule has 0 aliphatic rings. The summed E-state index contributed by atoms with van der Waals surface area (Å²) in [5, 5.41) is 8.49. The first-order valence-electron chi connectivity index (χ1n) is 4.75. The first-order valence-corrected chi connectivity index (χ1v) is 5.74. The van der Waals surface area contributed by atoms with Gasteiger partial charge in [0.15, 0.2) is 5.16 Å². The first-order chi connectivity index (χ1) is 8.04. The molecule has 4 nitrogen and oxygen atoms in total. The summed E-state index contributed by atoms with van der Waals surface area (Å²) in [6.45, 7) is 0.458. The largest absolute Gasteiger partial charge is 0.433 e. The van der Waals surface area contributed by atoms with Crippen molar-refractivity contribution in [2.24, 2.45) is 0 Å². The van der Waals surface area contributed by atoms with Crippen molar-refractivity contribution >= 4 is 11.8 Å². The molecule has 0 amide bonds. The second-order valence-corrected chi connectivity index (χ2v) is 3.97. The molecule has 1 aromatic heterocycles. The molecule has 1 rings (SSSR count). The molecule has 8 heteroatoms. The zero-order valence-electron chi connectivity index (χ0n) is 8.78. The lowest BCUT2D eigenvalue weighted by atomic mass is 10.4. The molecule has 0 unspecified atom stereocenters. The zero-order valence-corrected chi connectivity index (χ0v) is 9.59. The number of alkyl halides is 3. The van der Waals surface area contributed by atoms with Gasteiger partial charge in [0, 0.05) is 11.9 Å². The van der Waals surface area contributed by atoms with Crippen molar-refractivity contribution in [1.29, 1.82) is 0 Å². The minimum Gasteiger partial charge on any atom is -0.394 e. The van der Waals surface area contributed by atoms with E-state index >= 15 is 0 Å². The van der Waals surface area contributed by atoms with E-state index in [2.05, 4.69) is 9.97 Å². The quantitative estimate of drug-likeness (QED) is 0.482. The lowest BCUT2D eigenvalue weighted by Crippen LogP contribution is -2.09. The van der Waals surface area contributed by atoms with Gasteiger partial charge in [-0.05, 0) is 6.07 Å². The van der Waals surface area contributed by atoms with Gasteiger partial charge in [-0.1, -0.05) is 11.8 Å². The number of halogens is 3. The van der Waals surface area contributed by atoms with Crippen LogP contribution in [0, 0.1) is 0 Å². The Morgan fingerprint density at radius 3 is 2.76 bits per heavy atom. The van der Waals surface area contributed by atoms with Crippen LogP contribution in [0.2, 0.25) is 0 Å². The third-order valence-corrected chi connectivity index (χ3v) is 2.44. The Kier molecular flexibility index (Phi) is 5.66. The molecule has 0 spiro atoms. The molecule has 0 saturated heterocycles. The van der Waals surface area contributed by atoms with Gasteiger partial charge in [-0.3, -0.25) is 0 Å². The van der Waals surface area contributed by atoms with E-state index in [-0.39, 0.29) is 18.4 Å². The highest BCUT2D eigenvalue weighted by molar-refractivity contribution is 7.99. The first kappa shape index (κ1) is 14.2. The van der Waals surface area contributed by atoms with E-state index < -0.39 is 11.9 Å². The number of thioether (sulfide) groups is 1. The highest BCUT2D eigenvalue weighted by atomic mass is 32.2. The Morgan fingerprint density at radius 2 is 2.12 bits per heavy atom. The number of nitrogens with zero attached hydrogens (tertiary/aromatic N) is 2. The van der Waals surface area contributed by atoms with Gasteiger partial charge in [-0.2, -0.15) is 13.2 Å². The minimum atomic E-state index is -4.45. The molecule has 0 aliphatic heterocycles. The highest BCUT2D eigenvalue weighted by Crippen LogP contribution is 2.28. The fourth-order valence-electron chi connectivity index (χ4n) is 0.927. The van der Waals surface area contributed by atoms with Crippen molar-refractivity contribution in [3.8, 4) is 0 Å². The number of rotatable bonds is 6. The Bertz CT molecular complexity index is 349. The average molecular weight is 268 g/mol. The Morgan fingerprint density at radius 1 is 1.35 bits per heavy atom. The molecule has 17 heavy (non-hydrogen) atoms. The van der Waals surface area contributed by atoms with Gasteiger partial charge < -0.3 is 9.84 Å². The van der Waals surface area contributed by atoms with Crippen LogP contribution in [-0.2, 0) is 10.9 Å². The van der Waals surface area contributed by atoms with Crippen molar-refractivity contribution in [1.82, 2.24) is 9.97 Å². The molecule has 0 aromatic carbocycles. The number of aliphatic hydroxyl groups is 1. The maximum absolute atomic E-state index is 12.3. The topological polar surface area (TPSA) is 55.2 Å². The van der Waals surface area contributed by atoms with Gasteiger partial charge >= 0.3 is 6.18 Å².